The van der Waals surface area contributed by atoms with Gasteiger partial charge in [0.15, 0.2) is 0 Å². The monoisotopic (exact) mass is 232 g/mol. The summed E-state index contributed by atoms with van der Waals surface area (Å²) in [6, 6.07) is 0. The van der Waals surface area contributed by atoms with Gasteiger partial charge in [-0.25, -0.2) is 0 Å². The molecule has 2 heteroatoms. The van der Waals surface area contributed by atoms with Crippen LogP contribution in [0, 0.1) is 11.8 Å². The third kappa shape index (κ3) is 4.74. The van der Waals surface area contributed by atoms with Gasteiger partial charge in [-0.15, -0.1) is 0 Å². The third-order valence-corrected chi connectivity index (χ3v) is 3.93. The molecule has 3 atom stereocenters. The van der Waals surface area contributed by atoms with E-state index in [-0.39, 0.29) is 5.56 Å². The van der Waals surface area contributed by atoms with Gasteiger partial charge in [0.05, 0.1) is 6.61 Å². The van der Waals surface area contributed by atoms with Crippen LogP contribution < -0.4 is 0 Å². The summed E-state index contributed by atoms with van der Waals surface area (Å²) >= 11 is 6.11. The summed E-state index contributed by atoms with van der Waals surface area (Å²) in [6.45, 7) is 5.37. The molecular formula is C13H25ClO. The second kappa shape index (κ2) is 7.51. The first-order valence-electron chi connectivity index (χ1n) is 6.51. The van der Waals surface area contributed by atoms with Crippen molar-refractivity contribution in [3.05, 3.63) is 0 Å². The molecule has 0 aromatic rings. The number of unbranched alkanes of at least 4 members (excludes halogenated alkanes) is 5. The highest BCUT2D eigenvalue weighted by molar-refractivity contribution is 6.20. The Kier molecular flexibility index (Phi) is 6.67. The van der Waals surface area contributed by atoms with E-state index in [1.165, 1.54) is 44.9 Å². The van der Waals surface area contributed by atoms with Crippen LogP contribution in [0.2, 0.25) is 0 Å². The van der Waals surface area contributed by atoms with Gasteiger partial charge in [0.1, 0.15) is 5.56 Å². The summed E-state index contributed by atoms with van der Waals surface area (Å²) in [6.07, 6.45) is 9.46. The van der Waals surface area contributed by atoms with Gasteiger partial charge in [0, 0.05) is 5.92 Å². The van der Waals surface area contributed by atoms with Crippen molar-refractivity contribution >= 4 is 11.6 Å². The first-order valence-corrected chi connectivity index (χ1v) is 6.95. The second-order valence-corrected chi connectivity index (χ2v) is 5.31. The van der Waals surface area contributed by atoms with Crippen molar-refractivity contribution in [1.29, 1.82) is 0 Å². The molecule has 0 aromatic carbocycles. The number of alkyl halides is 1. The molecule has 1 saturated heterocycles. The molecule has 1 aliphatic heterocycles. The molecule has 1 fully saturated rings. The number of hydrogen-bond donors (Lipinski definition) is 0. The number of rotatable bonds is 7. The van der Waals surface area contributed by atoms with Crippen molar-refractivity contribution in [2.24, 2.45) is 11.8 Å². The van der Waals surface area contributed by atoms with E-state index in [9.17, 15) is 0 Å². The van der Waals surface area contributed by atoms with E-state index in [1.807, 2.05) is 0 Å². The van der Waals surface area contributed by atoms with Gasteiger partial charge in [0.25, 0.3) is 0 Å². The number of hydrogen-bond acceptors (Lipinski definition) is 1. The Labute approximate surface area is 99.5 Å². The van der Waals surface area contributed by atoms with Crippen molar-refractivity contribution in [3.63, 3.8) is 0 Å². The molecule has 90 valence electrons. The Bertz CT molecular complexity index is 151. The van der Waals surface area contributed by atoms with E-state index in [0.717, 1.165) is 6.61 Å². The van der Waals surface area contributed by atoms with Gasteiger partial charge in [0.2, 0.25) is 0 Å². The van der Waals surface area contributed by atoms with Gasteiger partial charge in [-0.3, -0.25) is 0 Å². The van der Waals surface area contributed by atoms with Gasteiger partial charge in [-0.05, 0) is 12.3 Å². The summed E-state index contributed by atoms with van der Waals surface area (Å²) in [5.41, 5.74) is -0.0179. The summed E-state index contributed by atoms with van der Waals surface area (Å²) in [5.74, 6) is 1.25. The molecule has 0 spiro atoms. The first kappa shape index (κ1) is 13.3. The Morgan fingerprint density at radius 2 is 1.80 bits per heavy atom. The Balaban J connectivity index is 1.99. The minimum absolute atomic E-state index is 0.0179. The molecule has 0 aromatic heterocycles. The van der Waals surface area contributed by atoms with Gasteiger partial charge < -0.3 is 4.74 Å². The van der Waals surface area contributed by atoms with Crippen LogP contribution in [-0.4, -0.2) is 12.2 Å². The van der Waals surface area contributed by atoms with Gasteiger partial charge in [-0.1, -0.05) is 64.0 Å². The quantitative estimate of drug-likeness (QED) is 0.461. The van der Waals surface area contributed by atoms with Crippen LogP contribution in [0.5, 0.6) is 0 Å². The molecule has 0 radical (unpaired) electrons. The molecule has 0 N–H and O–H groups in total. The van der Waals surface area contributed by atoms with Crippen LogP contribution in [0.1, 0.15) is 58.8 Å². The zero-order valence-electron chi connectivity index (χ0n) is 10.2. The molecule has 0 bridgehead atoms. The molecule has 1 aliphatic rings. The Morgan fingerprint density at radius 3 is 2.40 bits per heavy atom. The minimum Gasteiger partial charge on any atom is -0.362 e. The Morgan fingerprint density at radius 1 is 1.13 bits per heavy atom. The zero-order chi connectivity index (χ0) is 11.1. The first-order chi connectivity index (χ1) is 7.25. The van der Waals surface area contributed by atoms with E-state index in [4.69, 9.17) is 16.3 Å². The van der Waals surface area contributed by atoms with Crippen LogP contribution in [0.4, 0.5) is 0 Å². The predicted molar refractivity (Wildman–Crippen MR) is 66.2 cm³/mol. The second-order valence-electron chi connectivity index (χ2n) is 4.88. The van der Waals surface area contributed by atoms with Crippen LogP contribution in [0.15, 0.2) is 0 Å². The highest BCUT2D eigenvalue weighted by Gasteiger charge is 2.32. The van der Waals surface area contributed by atoms with E-state index in [0.29, 0.717) is 11.8 Å². The van der Waals surface area contributed by atoms with Crippen LogP contribution in [-0.2, 0) is 4.74 Å². The molecule has 1 rings (SSSR count). The molecule has 0 aliphatic carbocycles. The van der Waals surface area contributed by atoms with E-state index < -0.39 is 0 Å². The van der Waals surface area contributed by atoms with E-state index in [1.54, 1.807) is 0 Å². The largest absolute Gasteiger partial charge is 0.362 e. The SMILES string of the molecule is CCCCCCCCC1C(C)COC1Cl. The molecular weight excluding hydrogens is 208 g/mol. The standard InChI is InChI=1S/C13H25ClO/c1-3-4-5-6-7-8-9-12-11(2)10-15-13(12)14/h11-13H,3-10H2,1-2H3. The normalized spacial score (nSPS) is 31.0. The third-order valence-electron chi connectivity index (χ3n) is 3.48. The predicted octanol–water partition coefficient (Wildman–Crippen LogP) is 4.58. The average molecular weight is 233 g/mol. The maximum Gasteiger partial charge on any atom is 0.134 e. The Hall–Kier alpha value is 0.250. The highest BCUT2D eigenvalue weighted by atomic mass is 35.5. The maximum absolute atomic E-state index is 6.11. The average Bonchev–Trinajstić information content (AvgIpc) is 2.54. The fraction of sp³-hybridized carbons (Fsp3) is 1.00. The fourth-order valence-electron chi connectivity index (χ4n) is 2.33. The topological polar surface area (TPSA) is 9.23 Å². The highest BCUT2D eigenvalue weighted by Crippen LogP contribution is 2.33. The molecule has 0 amide bonds. The summed E-state index contributed by atoms with van der Waals surface area (Å²) in [7, 11) is 0. The van der Waals surface area contributed by atoms with Crippen molar-refractivity contribution in [2.45, 2.75) is 64.4 Å². The van der Waals surface area contributed by atoms with Crippen LogP contribution in [0.25, 0.3) is 0 Å². The summed E-state index contributed by atoms with van der Waals surface area (Å²) in [5, 5.41) is 0. The summed E-state index contributed by atoms with van der Waals surface area (Å²) < 4.78 is 5.44. The number of ether oxygens (including phenoxy) is 1. The molecule has 15 heavy (non-hydrogen) atoms. The van der Waals surface area contributed by atoms with E-state index in [2.05, 4.69) is 13.8 Å². The number of halogens is 1. The lowest BCUT2D eigenvalue weighted by atomic mass is 9.92. The lowest BCUT2D eigenvalue weighted by Crippen LogP contribution is -2.13. The van der Waals surface area contributed by atoms with Crippen LogP contribution >= 0.6 is 11.6 Å². The minimum atomic E-state index is -0.0179. The van der Waals surface area contributed by atoms with Crippen molar-refractivity contribution < 1.29 is 4.74 Å². The molecule has 0 saturated carbocycles. The molecule has 1 heterocycles. The van der Waals surface area contributed by atoms with Crippen molar-refractivity contribution in [1.82, 2.24) is 0 Å². The van der Waals surface area contributed by atoms with Gasteiger partial charge in [-0.2, -0.15) is 0 Å². The fourth-order valence-corrected chi connectivity index (χ4v) is 2.77. The van der Waals surface area contributed by atoms with Crippen molar-refractivity contribution in [2.75, 3.05) is 6.61 Å². The van der Waals surface area contributed by atoms with E-state index >= 15 is 0 Å². The lowest BCUT2D eigenvalue weighted by Gasteiger charge is -2.15. The molecule has 3 unspecified atom stereocenters. The zero-order valence-corrected chi connectivity index (χ0v) is 10.9. The smallest absolute Gasteiger partial charge is 0.134 e. The van der Waals surface area contributed by atoms with Gasteiger partial charge >= 0.3 is 0 Å². The molecule has 1 nitrogen and oxygen atoms in total. The lowest BCUT2D eigenvalue weighted by molar-refractivity contribution is 0.149. The van der Waals surface area contributed by atoms with Crippen LogP contribution in [0.3, 0.4) is 0 Å². The van der Waals surface area contributed by atoms with Crippen molar-refractivity contribution in [3.8, 4) is 0 Å². The maximum atomic E-state index is 6.11. The summed E-state index contributed by atoms with van der Waals surface area (Å²) in [4.78, 5) is 0.